The van der Waals surface area contributed by atoms with Gasteiger partial charge in [-0.15, -0.1) is 0 Å². The molecule has 0 aliphatic heterocycles. The molecule has 3 nitrogen and oxygen atoms in total. The Bertz CT molecular complexity index is 633. The van der Waals surface area contributed by atoms with E-state index in [4.69, 9.17) is 10.7 Å². The lowest BCUT2D eigenvalue weighted by Crippen LogP contribution is -2.24. The van der Waals surface area contributed by atoms with E-state index in [1.807, 2.05) is 0 Å². The fourth-order valence-electron chi connectivity index (χ4n) is 3.69. The Morgan fingerprint density at radius 3 is 2.62 bits per heavy atom. The van der Waals surface area contributed by atoms with Crippen LogP contribution in [0.15, 0.2) is 18.2 Å². The third-order valence-corrected chi connectivity index (χ3v) is 4.84. The first-order valence-electron chi connectivity index (χ1n) is 8.23. The molecule has 0 spiro atoms. The highest BCUT2D eigenvalue weighted by atomic mass is 15.1. The molecular weight excluding hydrogens is 258 g/mol. The number of imidazole rings is 1. The maximum atomic E-state index is 5.78. The number of hydrogen-bond donors (Lipinski definition) is 1. The smallest absolute Gasteiger partial charge is 0.115 e. The molecule has 0 radical (unpaired) electrons. The molecule has 21 heavy (non-hydrogen) atoms. The summed E-state index contributed by atoms with van der Waals surface area (Å²) < 4.78 is 2.46. The van der Waals surface area contributed by atoms with Crippen LogP contribution in [0.1, 0.15) is 57.8 Å². The Hall–Kier alpha value is -1.35. The van der Waals surface area contributed by atoms with Gasteiger partial charge >= 0.3 is 0 Å². The first-order valence-corrected chi connectivity index (χ1v) is 8.23. The van der Waals surface area contributed by atoms with Crippen molar-refractivity contribution in [2.45, 2.75) is 65.0 Å². The van der Waals surface area contributed by atoms with E-state index in [-0.39, 0.29) is 5.41 Å². The second-order valence-electron chi connectivity index (χ2n) is 7.23. The number of nitrogens with two attached hydrogens (primary N) is 1. The van der Waals surface area contributed by atoms with Gasteiger partial charge in [-0.2, -0.15) is 0 Å². The molecule has 1 aliphatic carbocycles. The van der Waals surface area contributed by atoms with E-state index in [0.717, 1.165) is 12.1 Å². The lowest BCUT2D eigenvalue weighted by Gasteiger charge is -2.25. The van der Waals surface area contributed by atoms with E-state index in [1.54, 1.807) is 0 Å². The Morgan fingerprint density at radius 2 is 2.00 bits per heavy atom. The molecule has 0 atom stereocenters. The predicted octanol–water partition coefficient (Wildman–Crippen LogP) is 3.98. The maximum Gasteiger partial charge on any atom is 0.115 e. The van der Waals surface area contributed by atoms with E-state index in [0.29, 0.717) is 12.5 Å². The van der Waals surface area contributed by atoms with Crippen LogP contribution >= 0.6 is 0 Å². The minimum atomic E-state index is 0.247. The monoisotopic (exact) mass is 285 g/mol. The van der Waals surface area contributed by atoms with E-state index in [2.05, 4.69) is 43.5 Å². The molecule has 1 aromatic heterocycles. The maximum absolute atomic E-state index is 5.78. The highest BCUT2D eigenvalue weighted by Crippen LogP contribution is 2.41. The average molecular weight is 285 g/mol. The van der Waals surface area contributed by atoms with Crippen LogP contribution in [0, 0.1) is 5.92 Å². The van der Waals surface area contributed by atoms with Crippen molar-refractivity contribution in [3.63, 3.8) is 0 Å². The standard InChI is InChI=1S/C18H27N3/c1-13(2)12-21-16-7-6-14(11-19)10-15(16)20-17(21)18(3)8-4-5-9-18/h6-7,10,13H,4-5,8-9,11-12,19H2,1-3H3. The molecular formula is C18H27N3. The molecule has 0 bridgehead atoms. The minimum Gasteiger partial charge on any atom is -0.327 e. The molecule has 1 heterocycles. The topological polar surface area (TPSA) is 43.8 Å². The Kier molecular flexibility index (Phi) is 3.78. The Morgan fingerprint density at radius 1 is 1.29 bits per heavy atom. The molecule has 2 aromatic rings. The van der Waals surface area contributed by atoms with Gasteiger partial charge in [-0.1, -0.05) is 39.7 Å². The van der Waals surface area contributed by atoms with Crippen molar-refractivity contribution in [3.05, 3.63) is 29.6 Å². The zero-order valence-corrected chi connectivity index (χ0v) is 13.5. The molecule has 114 valence electrons. The zero-order chi connectivity index (χ0) is 15.0. The normalized spacial score (nSPS) is 18.0. The summed E-state index contributed by atoms with van der Waals surface area (Å²) in [5.41, 5.74) is 9.57. The lowest BCUT2D eigenvalue weighted by molar-refractivity contribution is 0.413. The van der Waals surface area contributed by atoms with Gasteiger partial charge in [0.1, 0.15) is 5.82 Å². The molecule has 3 rings (SSSR count). The number of aromatic nitrogens is 2. The van der Waals surface area contributed by atoms with Crippen LogP contribution < -0.4 is 5.73 Å². The highest BCUT2D eigenvalue weighted by molar-refractivity contribution is 5.77. The van der Waals surface area contributed by atoms with Crippen molar-refractivity contribution in [1.29, 1.82) is 0 Å². The fraction of sp³-hybridized carbons (Fsp3) is 0.611. The first kappa shape index (κ1) is 14.6. The van der Waals surface area contributed by atoms with Gasteiger partial charge in [0.2, 0.25) is 0 Å². The van der Waals surface area contributed by atoms with Crippen LogP contribution in [-0.2, 0) is 18.5 Å². The molecule has 1 saturated carbocycles. The van der Waals surface area contributed by atoms with Crippen LogP contribution in [0.4, 0.5) is 0 Å². The molecule has 0 amide bonds. The van der Waals surface area contributed by atoms with Gasteiger partial charge < -0.3 is 10.3 Å². The van der Waals surface area contributed by atoms with Crippen LogP contribution in [-0.4, -0.2) is 9.55 Å². The minimum absolute atomic E-state index is 0.247. The quantitative estimate of drug-likeness (QED) is 0.923. The molecule has 2 N–H and O–H groups in total. The molecule has 1 fully saturated rings. The van der Waals surface area contributed by atoms with E-state index in [9.17, 15) is 0 Å². The van der Waals surface area contributed by atoms with Crippen molar-refractivity contribution in [2.24, 2.45) is 11.7 Å². The van der Waals surface area contributed by atoms with Gasteiger partial charge in [0.05, 0.1) is 11.0 Å². The molecule has 1 aliphatic rings. The van der Waals surface area contributed by atoms with Crippen LogP contribution in [0.5, 0.6) is 0 Å². The second-order valence-corrected chi connectivity index (χ2v) is 7.23. The third kappa shape index (κ3) is 2.59. The average Bonchev–Trinajstić information content (AvgIpc) is 3.03. The van der Waals surface area contributed by atoms with Gasteiger partial charge in [0, 0.05) is 18.5 Å². The molecule has 1 aromatic carbocycles. The van der Waals surface area contributed by atoms with Crippen molar-refractivity contribution >= 4 is 11.0 Å². The lowest BCUT2D eigenvalue weighted by atomic mass is 9.87. The summed E-state index contributed by atoms with van der Waals surface area (Å²) in [4.78, 5) is 5.04. The van der Waals surface area contributed by atoms with Crippen LogP contribution in [0.25, 0.3) is 11.0 Å². The molecule has 3 heteroatoms. The summed E-state index contributed by atoms with van der Waals surface area (Å²) >= 11 is 0. The van der Waals surface area contributed by atoms with Crippen molar-refractivity contribution in [1.82, 2.24) is 9.55 Å². The summed E-state index contributed by atoms with van der Waals surface area (Å²) in [5, 5.41) is 0. The van der Waals surface area contributed by atoms with Crippen LogP contribution in [0.2, 0.25) is 0 Å². The van der Waals surface area contributed by atoms with Gasteiger partial charge in [-0.05, 0) is 36.5 Å². The highest BCUT2D eigenvalue weighted by Gasteiger charge is 2.35. The summed E-state index contributed by atoms with van der Waals surface area (Å²) in [6.45, 7) is 8.58. The largest absolute Gasteiger partial charge is 0.327 e. The number of benzene rings is 1. The summed E-state index contributed by atoms with van der Waals surface area (Å²) in [6, 6.07) is 6.50. The summed E-state index contributed by atoms with van der Waals surface area (Å²) in [7, 11) is 0. The van der Waals surface area contributed by atoms with Crippen molar-refractivity contribution in [3.8, 4) is 0 Å². The molecule has 0 unspecified atom stereocenters. The first-order chi connectivity index (χ1) is 10.0. The van der Waals surface area contributed by atoms with E-state index < -0.39 is 0 Å². The predicted molar refractivity (Wildman–Crippen MR) is 88.3 cm³/mol. The summed E-state index contributed by atoms with van der Waals surface area (Å²) in [5.74, 6) is 1.92. The molecule has 0 saturated heterocycles. The van der Waals surface area contributed by atoms with Gasteiger partial charge in [0.15, 0.2) is 0 Å². The van der Waals surface area contributed by atoms with Crippen molar-refractivity contribution < 1.29 is 0 Å². The number of rotatable bonds is 4. The Balaban J connectivity index is 2.16. The number of fused-ring (bicyclic) bond motifs is 1. The van der Waals surface area contributed by atoms with Gasteiger partial charge in [-0.3, -0.25) is 0 Å². The SMILES string of the molecule is CC(C)Cn1c(C2(C)CCCC2)nc2cc(CN)ccc21. The third-order valence-electron chi connectivity index (χ3n) is 4.84. The van der Waals surface area contributed by atoms with Gasteiger partial charge in [0.25, 0.3) is 0 Å². The van der Waals surface area contributed by atoms with Gasteiger partial charge in [-0.25, -0.2) is 4.98 Å². The summed E-state index contributed by atoms with van der Waals surface area (Å²) in [6.07, 6.45) is 5.18. The van der Waals surface area contributed by atoms with Crippen LogP contribution in [0.3, 0.4) is 0 Å². The second kappa shape index (κ2) is 5.45. The Labute approximate surface area is 127 Å². The van der Waals surface area contributed by atoms with Crippen molar-refractivity contribution in [2.75, 3.05) is 0 Å². The number of hydrogen-bond acceptors (Lipinski definition) is 2. The van der Waals surface area contributed by atoms with E-state index >= 15 is 0 Å². The van der Waals surface area contributed by atoms with E-state index in [1.165, 1.54) is 42.6 Å². The number of nitrogens with zero attached hydrogens (tertiary/aromatic N) is 2. The zero-order valence-electron chi connectivity index (χ0n) is 13.5. The fourth-order valence-corrected chi connectivity index (χ4v) is 3.69.